The van der Waals surface area contributed by atoms with Crippen LogP contribution in [-0.4, -0.2) is 17.6 Å². The molecule has 0 saturated heterocycles. The van der Waals surface area contributed by atoms with Crippen molar-refractivity contribution in [1.82, 2.24) is 10.5 Å². The first-order valence-electron chi connectivity index (χ1n) is 7.33. The molecule has 0 fully saturated rings. The quantitative estimate of drug-likeness (QED) is 0.779. The van der Waals surface area contributed by atoms with E-state index >= 15 is 0 Å². The normalized spacial score (nSPS) is 12.5. The zero-order valence-electron chi connectivity index (χ0n) is 12.2. The van der Waals surface area contributed by atoms with E-state index < -0.39 is 0 Å². The molecule has 1 amide bonds. The molecule has 1 aromatic carbocycles. The summed E-state index contributed by atoms with van der Waals surface area (Å²) in [5.74, 6) is 1.27. The van der Waals surface area contributed by atoms with Crippen LogP contribution in [0.3, 0.4) is 0 Å². The van der Waals surface area contributed by atoms with Crippen LogP contribution in [0.15, 0.2) is 50.5 Å². The highest BCUT2D eigenvalue weighted by atomic mass is 32.2. The average molecular weight is 342 g/mol. The Kier molecular flexibility index (Phi) is 3.93. The van der Waals surface area contributed by atoms with Crippen LogP contribution in [0.25, 0.3) is 11.3 Å². The van der Waals surface area contributed by atoms with E-state index in [4.69, 9.17) is 4.52 Å². The zero-order chi connectivity index (χ0) is 15.6. The highest BCUT2D eigenvalue weighted by Crippen LogP contribution is 2.42. The van der Waals surface area contributed by atoms with Crippen LogP contribution in [0, 0.1) is 0 Å². The van der Waals surface area contributed by atoms with Crippen LogP contribution in [0.1, 0.15) is 21.6 Å². The minimum atomic E-state index is -0.162. The third kappa shape index (κ3) is 2.80. The Morgan fingerprint density at radius 1 is 1.30 bits per heavy atom. The van der Waals surface area contributed by atoms with Crippen LogP contribution in [0.5, 0.6) is 0 Å². The summed E-state index contributed by atoms with van der Waals surface area (Å²) in [5.41, 5.74) is 3.56. The number of hydrogen-bond acceptors (Lipinski definition) is 5. The molecule has 1 N–H and O–H groups in total. The Morgan fingerprint density at radius 2 is 2.22 bits per heavy atom. The molecule has 3 heterocycles. The second-order valence-electron chi connectivity index (χ2n) is 5.26. The van der Waals surface area contributed by atoms with Crippen molar-refractivity contribution in [3.8, 4) is 11.3 Å². The van der Waals surface area contributed by atoms with Gasteiger partial charge in [0.1, 0.15) is 0 Å². The van der Waals surface area contributed by atoms with Crippen molar-refractivity contribution < 1.29 is 9.32 Å². The van der Waals surface area contributed by atoms with Crippen molar-refractivity contribution in [2.45, 2.75) is 17.1 Å². The molecule has 0 aliphatic carbocycles. The third-order valence-corrected chi connectivity index (χ3v) is 5.62. The number of nitrogens with zero attached hydrogens (tertiary/aromatic N) is 1. The molecule has 1 aliphatic heterocycles. The summed E-state index contributed by atoms with van der Waals surface area (Å²) in [6.07, 6.45) is 0.826. The smallest absolute Gasteiger partial charge is 0.273 e. The molecule has 0 saturated carbocycles. The lowest BCUT2D eigenvalue weighted by atomic mass is 10.1. The van der Waals surface area contributed by atoms with Crippen molar-refractivity contribution in [2.24, 2.45) is 0 Å². The predicted molar refractivity (Wildman–Crippen MR) is 91.9 cm³/mol. The topological polar surface area (TPSA) is 55.1 Å². The number of fused-ring (bicyclic) bond motifs is 3. The Bertz CT molecular complexity index is 840. The molecule has 23 heavy (non-hydrogen) atoms. The van der Waals surface area contributed by atoms with Gasteiger partial charge in [0.05, 0.1) is 0 Å². The Hall–Kier alpha value is -2.05. The molecule has 2 aromatic heterocycles. The van der Waals surface area contributed by atoms with Gasteiger partial charge in [-0.1, -0.05) is 17.3 Å². The first kappa shape index (κ1) is 14.5. The molecule has 0 radical (unpaired) electrons. The Morgan fingerprint density at radius 3 is 3.09 bits per heavy atom. The number of rotatable bonds is 4. The maximum Gasteiger partial charge on any atom is 0.273 e. The van der Waals surface area contributed by atoms with Gasteiger partial charge in [-0.2, -0.15) is 11.3 Å². The molecule has 0 unspecified atom stereocenters. The summed E-state index contributed by atoms with van der Waals surface area (Å²) in [6.45, 7) is 0.598. The molecule has 4 nitrogen and oxygen atoms in total. The maximum atomic E-state index is 12.4. The van der Waals surface area contributed by atoms with E-state index in [2.05, 4.69) is 28.0 Å². The zero-order valence-corrected chi connectivity index (χ0v) is 13.9. The SMILES string of the molecule is O=C(NCCc1ccsc1)c1noc2c1CSc1ccccc1-2. The van der Waals surface area contributed by atoms with E-state index in [0.717, 1.165) is 23.3 Å². The van der Waals surface area contributed by atoms with Crippen molar-refractivity contribution in [1.29, 1.82) is 0 Å². The Labute approximate surface area is 141 Å². The molecule has 116 valence electrons. The van der Waals surface area contributed by atoms with Gasteiger partial charge in [-0.05, 0) is 40.9 Å². The van der Waals surface area contributed by atoms with Gasteiger partial charge in [0, 0.05) is 28.3 Å². The largest absolute Gasteiger partial charge is 0.355 e. The third-order valence-electron chi connectivity index (χ3n) is 3.79. The molecule has 1 aliphatic rings. The van der Waals surface area contributed by atoms with Crippen LogP contribution >= 0.6 is 23.1 Å². The van der Waals surface area contributed by atoms with E-state index in [1.165, 1.54) is 10.5 Å². The van der Waals surface area contributed by atoms with E-state index in [0.29, 0.717) is 18.0 Å². The lowest BCUT2D eigenvalue weighted by Crippen LogP contribution is -2.26. The fourth-order valence-electron chi connectivity index (χ4n) is 2.60. The molecule has 3 aromatic rings. The lowest BCUT2D eigenvalue weighted by molar-refractivity contribution is 0.0944. The number of aromatic nitrogens is 1. The molecule has 0 spiro atoms. The van der Waals surface area contributed by atoms with Crippen LogP contribution in [0.2, 0.25) is 0 Å². The monoisotopic (exact) mass is 342 g/mol. The van der Waals surface area contributed by atoms with Gasteiger partial charge < -0.3 is 9.84 Å². The summed E-state index contributed by atoms with van der Waals surface area (Å²) in [7, 11) is 0. The van der Waals surface area contributed by atoms with Crippen LogP contribution in [-0.2, 0) is 12.2 Å². The van der Waals surface area contributed by atoms with E-state index in [9.17, 15) is 4.79 Å². The number of amides is 1. The minimum Gasteiger partial charge on any atom is -0.355 e. The summed E-state index contributed by atoms with van der Waals surface area (Å²) in [6, 6.07) is 10.1. The molecular formula is C17H14N2O2S2. The first-order chi connectivity index (χ1) is 11.3. The van der Waals surface area contributed by atoms with Crippen molar-refractivity contribution in [3.63, 3.8) is 0 Å². The van der Waals surface area contributed by atoms with Gasteiger partial charge in [0.25, 0.3) is 5.91 Å². The number of thioether (sulfide) groups is 1. The number of thiophene rings is 1. The highest BCUT2D eigenvalue weighted by Gasteiger charge is 2.27. The summed E-state index contributed by atoms with van der Waals surface area (Å²) >= 11 is 3.38. The minimum absolute atomic E-state index is 0.162. The van der Waals surface area contributed by atoms with Crippen molar-refractivity contribution in [2.75, 3.05) is 6.54 Å². The van der Waals surface area contributed by atoms with E-state index in [-0.39, 0.29) is 5.91 Å². The molecule has 0 bridgehead atoms. The van der Waals surface area contributed by atoms with E-state index in [1.54, 1.807) is 23.1 Å². The van der Waals surface area contributed by atoms with Crippen LogP contribution in [0.4, 0.5) is 0 Å². The molecule has 6 heteroatoms. The van der Waals surface area contributed by atoms with Gasteiger partial charge >= 0.3 is 0 Å². The second-order valence-corrected chi connectivity index (χ2v) is 7.06. The van der Waals surface area contributed by atoms with Gasteiger partial charge in [-0.3, -0.25) is 4.79 Å². The summed E-state index contributed by atoms with van der Waals surface area (Å²) in [4.78, 5) is 13.5. The van der Waals surface area contributed by atoms with Gasteiger partial charge in [0.15, 0.2) is 11.5 Å². The highest BCUT2D eigenvalue weighted by molar-refractivity contribution is 7.98. The van der Waals surface area contributed by atoms with E-state index in [1.807, 2.05) is 23.6 Å². The van der Waals surface area contributed by atoms with Crippen molar-refractivity contribution in [3.05, 3.63) is 57.9 Å². The summed E-state index contributed by atoms with van der Waals surface area (Å²) in [5, 5.41) is 11.1. The summed E-state index contributed by atoms with van der Waals surface area (Å²) < 4.78 is 5.46. The average Bonchev–Trinajstić information content (AvgIpc) is 3.24. The lowest BCUT2D eigenvalue weighted by Gasteiger charge is -2.13. The fraction of sp³-hybridized carbons (Fsp3) is 0.176. The molecule has 4 rings (SSSR count). The fourth-order valence-corrected chi connectivity index (χ4v) is 4.36. The van der Waals surface area contributed by atoms with Crippen molar-refractivity contribution >= 4 is 29.0 Å². The molecular weight excluding hydrogens is 328 g/mol. The Balaban J connectivity index is 1.50. The number of carbonyl (C=O) groups excluding carboxylic acids is 1. The number of nitrogens with one attached hydrogen (secondary N) is 1. The second kappa shape index (κ2) is 6.22. The van der Waals surface area contributed by atoms with Gasteiger partial charge in [-0.25, -0.2) is 0 Å². The standard InChI is InChI=1S/C17H14N2O2S2/c20-17(18-7-5-11-6-8-22-9-11)15-13-10-23-14-4-2-1-3-12(14)16(13)21-19-15/h1-4,6,8-9H,5,7,10H2,(H,18,20). The number of benzene rings is 1. The first-order valence-corrected chi connectivity index (χ1v) is 9.26. The molecule has 0 atom stereocenters. The van der Waals surface area contributed by atoms with Gasteiger partial charge in [0.2, 0.25) is 0 Å². The maximum absolute atomic E-state index is 12.4. The van der Waals surface area contributed by atoms with Gasteiger partial charge in [-0.15, -0.1) is 11.8 Å². The number of carbonyl (C=O) groups is 1. The van der Waals surface area contributed by atoms with Crippen LogP contribution < -0.4 is 5.32 Å². The number of hydrogen-bond donors (Lipinski definition) is 1. The predicted octanol–water partition coefficient (Wildman–Crippen LogP) is 3.98.